The van der Waals surface area contributed by atoms with Crippen LogP contribution in [0.25, 0.3) is 22.5 Å². The molecule has 5 nitrogen and oxygen atoms in total. The van der Waals surface area contributed by atoms with Crippen molar-refractivity contribution in [1.29, 1.82) is 5.41 Å². The molecule has 0 aliphatic heterocycles. The van der Waals surface area contributed by atoms with Crippen LogP contribution in [0.15, 0.2) is 109 Å². The van der Waals surface area contributed by atoms with Gasteiger partial charge in [-0.2, -0.15) is 0 Å². The molecule has 0 atom stereocenters. The maximum Gasteiger partial charge on any atom is 3.00 e. The van der Waals surface area contributed by atoms with Crippen molar-refractivity contribution in [3.05, 3.63) is 109 Å². The average Bonchev–Trinajstić information content (AvgIpc) is 2.81. The Labute approximate surface area is 210 Å². The van der Waals surface area contributed by atoms with Crippen LogP contribution in [0.5, 0.6) is 0 Å². The Bertz CT molecular complexity index is 859. The maximum atomic E-state index is 9.44. The van der Waals surface area contributed by atoms with E-state index in [-0.39, 0.29) is 31.7 Å². The van der Waals surface area contributed by atoms with Crippen molar-refractivity contribution in [3.8, 4) is 22.5 Å². The summed E-state index contributed by atoms with van der Waals surface area (Å²) in [5.41, 5.74) is 9.08. The molecule has 2 aromatic heterocycles. The Morgan fingerprint density at radius 3 is 1.15 bits per heavy atom. The van der Waals surface area contributed by atoms with Gasteiger partial charge in [-0.3, -0.25) is 15.4 Å². The number of benzene rings is 2. The van der Waals surface area contributed by atoms with Crippen molar-refractivity contribution in [3.63, 3.8) is 0 Å². The number of carbonyl (C=O) groups is 1. The number of ketones is 1. The fourth-order valence-corrected chi connectivity index (χ4v) is 2.28. The topological polar surface area (TPSA) is 92.7 Å². The van der Waals surface area contributed by atoms with E-state index < -0.39 is 0 Å². The zero-order valence-electron chi connectivity index (χ0n) is 19.1. The first-order chi connectivity index (χ1) is 15.4. The Kier molecular flexibility index (Phi) is 16.2. The van der Waals surface area contributed by atoms with Crippen molar-refractivity contribution in [1.82, 2.24) is 9.97 Å². The molecule has 0 aliphatic carbocycles. The van der Waals surface area contributed by atoms with Gasteiger partial charge < -0.3 is 10.5 Å². The van der Waals surface area contributed by atoms with Crippen molar-refractivity contribution < 1.29 is 24.9 Å². The first kappa shape index (κ1) is 29.5. The fourth-order valence-electron chi connectivity index (χ4n) is 2.28. The van der Waals surface area contributed by atoms with E-state index in [1.165, 1.54) is 20.8 Å². The minimum absolute atomic E-state index is 0. The largest absolute Gasteiger partial charge is 3.00 e. The number of nitrogens with zero attached hydrogens (tertiary/aromatic N) is 2. The van der Waals surface area contributed by atoms with Gasteiger partial charge in [0.2, 0.25) is 0 Å². The number of aromatic nitrogens is 2. The Hall–Kier alpha value is -3.47. The number of carbonyl (C=O) groups excluding carboxylic acids is 1. The molecule has 2 aromatic carbocycles. The standard InChI is InChI=1S/2C11H9N.C3H6O.C2H6N2.Ir/c2*1-2-6-10(7-3-1)11-8-4-5-9-12-11;1-3(2)4;1-2(3)4;/h2*1-9H;1-2H3;1H3,(H3,3,4);/q;;;;+3. The van der Waals surface area contributed by atoms with Gasteiger partial charge >= 0.3 is 20.1 Å². The Morgan fingerprint density at radius 1 is 0.636 bits per heavy atom. The second kappa shape index (κ2) is 18.1. The van der Waals surface area contributed by atoms with E-state index in [1.54, 1.807) is 0 Å². The van der Waals surface area contributed by atoms with E-state index in [4.69, 9.17) is 11.1 Å². The summed E-state index contributed by atoms with van der Waals surface area (Å²) < 4.78 is 0. The van der Waals surface area contributed by atoms with Crippen LogP contribution in [0.3, 0.4) is 0 Å². The molecule has 0 saturated heterocycles. The molecule has 0 fully saturated rings. The summed E-state index contributed by atoms with van der Waals surface area (Å²) in [5, 5.41) is 6.28. The second-order valence-electron chi connectivity index (χ2n) is 6.75. The molecule has 4 rings (SSSR count). The molecule has 0 saturated carbocycles. The summed E-state index contributed by atoms with van der Waals surface area (Å²) >= 11 is 0. The van der Waals surface area contributed by atoms with Crippen molar-refractivity contribution in [2.24, 2.45) is 5.73 Å². The predicted molar refractivity (Wildman–Crippen MR) is 133 cm³/mol. The number of rotatable bonds is 2. The number of hydrogen-bond acceptors (Lipinski definition) is 4. The summed E-state index contributed by atoms with van der Waals surface area (Å²) in [6.45, 7) is 4.58. The number of amidine groups is 1. The SMILES string of the molecule is CC(=N)N.CC(C)=O.[Ir+3].c1ccc(-c2ccccn2)cc1.c1ccc(-c2ccccn2)cc1. The molecule has 0 spiro atoms. The van der Waals surface area contributed by atoms with Gasteiger partial charge in [0.05, 0.1) is 17.2 Å². The number of nitrogens with two attached hydrogens (primary N) is 1. The van der Waals surface area contributed by atoms with Crippen LogP contribution in [-0.4, -0.2) is 21.6 Å². The van der Waals surface area contributed by atoms with E-state index in [1.807, 2.05) is 85.2 Å². The molecule has 170 valence electrons. The van der Waals surface area contributed by atoms with E-state index >= 15 is 0 Å². The molecule has 0 amide bonds. The van der Waals surface area contributed by atoms with Gasteiger partial charge in [0, 0.05) is 23.5 Å². The molecule has 6 heteroatoms. The molecular formula is C27H30IrN4O+3. The smallest absolute Gasteiger partial charge is 0.388 e. The van der Waals surface area contributed by atoms with E-state index in [0.29, 0.717) is 0 Å². The van der Waals surface area contributed by atoms with Crippen molar-refractivity contribution >= 4 is 11.6 Å². The molecule has 0 bridgehead atoms. The quantitative estimate of drug-likeness (QED) is 0.212. The van der Waals surface area contributed by atoms with Gasteiger partial charge in [0.25, 0.3) is 0 Å². The minimum atomic E-state index is 0. The normalized spacial score (nSPS) is 8.58. The second-order valence-corrected chi connectivity index (χ2v) is 6.75. The first-order valence-corrected chi connectivity index (χ1v) is 10.1. The van der Waals surface area contributed by atoms with Gasteiger partial charge in [0.1, 0.15) is 5.78 Å². The molecule has 0 aliphatic rings. The van der Waals surface area contributed by atoms with Crippen LogP contribution >= 0.6 is 0 Å². The molecule has 3 N–H and O–H groups in total. The van der Waals surface area contributed by atoms with Crippen molar-refractivity contribution in [2.75, 3.05) is 0 Å². The maximum absolute atomic E-state index is 9.44. The third kappa shape index (κ3) is 15.0. The molecule has 4 aromatic rings. The number of nitrogens with one attached hydrogen (secondary N) is 1. The van der Waals surface area contributed by atoms with E-state index in [0.717, 1.165) is 22.5 Å². The van der Waals surface area contributed by atoms with Gasteiger partial charge in [-0.05, 0) is 45.0 Å². The van der Waals surface area contributed by atoms with E-state index in [2.05, 4.69) is 34.2 Å². The van der Waals surface area contributed by atoms with Crippen molar-refractivity contribution in [2.45, 2.75) is 20.8 Å². The van der Waals surface area contributed by atoms with Gasteiger partial charge in [-0.1, -0.05) is 72.8 Å². The van der Waals surface area contributed by atoms with Crippen LogP contribution in [0.1, 0.15) is 20.8 Å². The summed E-state index contributed by atoms with van der Waals surface area (Å²) in [7, 11) is 0. The number of pyridine rings is 2. The van der Waals surface area contributed by atoms with E-state index in [9.17, 15) is 4.79 Å². The number of Topliss-reactive ketones (excluding diaryl/α,β-unsaturated/α-hetero) is 1. The van der Waals surface area contributed by atoms with Crippen LogP contribution in [0.2, 0.25) is 0 Å². The zero-order valence-corrected chi connectivity index (χ0v) is 21.5. The Balaban J connectivity index is 0.000000462. The average molecular weight is 619 g/mol. The molecule has 2 heterocycles. The van der Waals surface area contributed by atoms with Crippen LogP contribution < -0.4 is 5.73 Å². The summed E-state index contributed by atoms with van der Waals surface area (Å²) in [6, 6.07) is 32.2. The van der Waals surface area contributed by atoms with Gasteiger partial charge in [-0.25, -0.2) is 0 Å². The molecule has 33 heavy (non-hydrogen) atoms. The summed E-state index contributed by atoms with van der Waals surface area (Å²) in [6.07, 6.45) is 3.62. The third-order valence-electron chi connectivity index (χ3n) is 3.47. The summed E-state index contributed by atoms with van der Waals surface area (Å²) in [5.74, 6) is 0.333. The van der Waals surface area contributed by atoms with Gasteiger partial charge in [-0.15, -0.1) is 0 Å². The van der Waals surface area contributed by atoms with Crippen LogP contribution in [0, 0.1) is 5.41 Å². The minimum Gasteiger partial charge on any atom is -0.388 e. The monoisotopic (exact) mass is 619 g/mol. The Morgan fingerprint density at radius 2 is 0.909 bits per heavy atom. The molecule has 0 radical (unpaired) electrons. The van der Waals surface area contributed by atoms with Crippen LogP contribution in [-0.2, 0) is 24.9 Å². The van der Waals surface area contributed by atoms with Crippen LogP contribution in [0.4, 0.5) is 0 Å². The zero-order chi connectivity index (χ0) is 23.6. The summed E-state index contributed by atoms with van der Waals surface area (Å²) in [4.78, 5) is 17.9. The third-order valence-corrected chi connectivity index (χ3v) is 3.47. The fraction of sp³-hybridized carbons (Fsp3) is 0.111. The first-order valence-electron chi connectivity index (χ1n) is 10.1. The van der Waals surface area contributed by atoms with Gasteiger partial charge in [0.15, 0.2) is 0 Å². The number of hydrogen-bond donors (Lipinski definition) is 2. The molecule has 0 unspecified atom stereocenters. The predicted octanol–water partition coefficient (Wildman–Crippen LogP) is 6.03. The molecular weight excluding hydrogens is 589 g/mol.